The fourth-order valence-electron chi connectivity index (χ4n) is 3.92. The maximum atomic E-state index is 13.0. The zero-order valence-corrected chi connectivity index (χ0v) is 16.0. The molecule has 1 saturated heterocycles. The largest absolute Gasteiger partial charge is 0.366 e. The molecule has 26 heavy (non-hydrogen) atoms. The molecule has 1 aliphatic heterocycles. The quantitative estimate of drug-likeness (QED) is 0.889. The lowest BCUT2D eigenvalue weighted by Gasteiger charge is -2.32. The van der Waals surface area contributed by atoms with Crippen molar-refractivity contribution >= 4 is 23.1 Å². The number of amides is 1. The summed E-state index contributed by atoms with van der Waals surface area (Å²) in [5.41, 5.74) is 0.904. The van der Waals surface area contributed by atoms with Gasteiger partial charge < -0.3 is 10.2 Å². The number of hydrogen-bond acceptors (Lipinski definition) is 6. The second kappa shape index (κ2) is 7.70. The van der Waals surface area contributed by atoms with E-state index < -0.39 is 0 Å². The maximum absolute atomic E-state index is 13.0. The Morgan fingerprint density at radius 3 is 2.69 bits per heavy atom. The number of hydrogen-bond donors (Lipinski definition) is 1. The van der Waals surface area contributed by atoms with Crippen molar-refractivity contribution in [3.8, 4) is 0 Å². The highest BCUT2D eigenvalue weighted by Gasteiger charge is 2.28. The van der Waals surface area contributed by atoms with E-state index in [-0.39, 0.29) is 5.91 Å². The molecule has 1 saturated carbocycles. The molecule has 0 atom stereocenters. The fraction of sp³-hybridized carbons (Fsp3) is 0.579. The third-order valence-electron chi connectivity index (χ3n) is 5.42. The normalized spacial score (nSPS) is 19.0. The molecule has 0 aromatic carbocycles. The minimum Gasteiger partial charge on any atom is -0.366 e. The number of anilines is 1. The van der Waals surface area contributed by atoms with Crippen LogP contribution >= 0.6 is 11.3 Å². The standard InChI is InChI=1S/C19H25N5OS/c1-13-17(26-18(21-13)14-5-2-3-6-14)19(25)24-11-8-15(9-12-24)22-16-7-4-10-20-23-16/h4,7,10,14-15H,2-3,5-6,8-9,11-12H2,1H3,(H,22,23). The summed E-state index contributed by atoms with van der Waals surface area (Å²) < 4.78 is 0. The van der Waals surface area contributed by atoms with E-state index in [1.54, 1.807) is 17.5 Å². The Kier molecular flexibility index (Phi) is 5.15. The lowest BCUT2D eigenvalue weighted by atomic mass is 10.0. The van der Waals surface area contributed by atoms with E-state index in [1.807, 2.05) is 24.0 Å². The van der Waals surface area contributed by atoms with Crippen LogP contribution < -0.4 is 5.32 Å². The third-order valence-corrected chi connectivity index (χ3v) is 6.73. The Morgan fingerprint density at radius 2 is 2.00 bits per heavy atom. The summed E-state index contributed by atoms with van der Waals surface area (Å²) in [5.74, 6) is 1.53. The molecule has 0 radical (unpaired) electrons. The first kappa shape index (κ1) is 17.4. The Labute approximate surface area is 158 Å². The molecule has 3 heterocycles. The van der Waals surface area contributed by atoms with Crippen LogP contribution in [0.2, 0.25) is 0 Å². The van der Waals surface area contributed by atoms with Gasteiger partial charge in [0.15, 0.2) is 0 Å². The predicted octanol–water partition coefficient (Wildman–Crippen LogP) is 3.62. The number of thiazole rings is 1. The van der Waals surface area contributed by atoms with Crippen molar-refractivity contribution < 1.29 is 4.79 Å². The third kappa shape index (κ3) is 3.72. The molecule has 2 aliphatic rings. The number of aromatic nitrogens is 3. The van der Waals surface area contributed by atoms with Gasteiger partial charge >= 0.3 is 0 Å². The molecule has 0 unspecified atom stereocenters. The van der Waals surface area contributed by atoms with Crippen molar-refractivity contribution in [1.82, 2.24) is 20.1 Å². The zero-order valence-electron chi connectivity index (χ0n) is 15.1. The zero-order chi connectivity index (χ0) is 17.9. The van der Waals surface area contributed by atoms with Crippen molar-refractivity contribution in [2.24, 2.45) is 0 Å². The number of rotatable bonds is 4. The van der Waals surface area contributed by atoms with Gasteiger partial charge in [-0.05, 0) is 44.7 Å². The fourth-order valence-corrected chi connectivity index (χ4v) is 5.13. The summed E-state index contributed by atoms with van der Waals surface area (Å²) in [5, 5.41) is 12.6. The van der Waals surface area contributed by atoms with Crippen LogP contribution in [0.4, 0.5) is 5.82 Å². The molecule has 0 spiro atoms. The number of carbonyl (C=O) groups is 1. The molecule has 0 bridgehead atoms. The van der Waals surface area contributed by atoms with Gasteiger partial charge in [0.25, 0.3) is 5.91 Å². The van der Waals surface area contributed by atoms with E-state index in [0.717, 1.165) is 42.3 Å². The van der Waals surface area contributed by atoms with Crippen LogP contribution in [0.1, 0.15) is 64.8 Å². The predicted molar refractivity (Wildman–Crippen MR) is 103 cm³/mol. The number of carbonyl (C=O) groups excluding carboxylic acids is 1. The topological polar surface area (TPSA) is 71.0 Å². The van der Waals surface area contributed by atoms with Gasteiger partial charge in [0.1, 0.15) is 10.7 Å². The Balaban J connectivity index is 1.36. The van der Waals surface area contributed by atoms with Crippen molar-refractivity contribution in [2.45, 2.75) is 57.4 Å². The van der Waals surface area contributed by atoms with Crippen molar-refractivity contribution in [1.29, 1.82) is 0 Å². The van der Waals surface area contributed by atoms with Crippen LogP contribution in [0.5, 0.6) is 0 Å². The first-order valence-corrected chi connectivity index (χ1v) is 10.3. The summed E-state index contributed by atoms with van der Waals surface area (Å²) in [6.07, 6.45) is 8.55. The molecule has 1 amide bonds. The summed E-state index contributed by atoms with van der Waals surface area (Å²) in [7, 11) is 0. The van der Waals surface area contributed by atoms with E-state index in [1.165, 1.54) is 30.7 Å². The van der Waals surface area contributed by atoms with E-state index in [0.29, 0.717) is 12.0 Å². The monoisotopic (exact) mass is 371 g/mol. The van der Waals surface area contributed by atoms with Crippen LogP contribution in [0.15, 0.2) is 18.3 Å². The molecule has 2 aromatic heterocycles. The maximum Gasteiger partial charge on any atom is 0.265 e. The minimum atomic E-state index is 0.155. The molecule has 1 N–H and O–H groups in total. The number of nitrogens with one attached hydrogen (secondary N) is 1. The highest BCUT2D eigenvalue weighted by atomic mass is 32.1. The van der Waals surface area contributed by atoms with Gasteiger partial charge in [-0.25, -0.2) is 4.98 Å². The summed E-state index contributed by atoms with van der Waals surface area (Å²) in [4.78, 5) is 20.5. The second-order valence-electron chi connectivity index (χ2n) is 7.27. The SMILES string of the molecule is Cc1nc(C2CCCC2)sc1C(=O)N1CCC(Nc2cccnn2)CC1. The number of nitrogens with zero attached hydrogens (tertiary/aromatic N) is 4. The van der Waals surface area contributed by atoms with Gasteiger partial charge in [0, 0.05) is 31.2 Å². The van der Waals surface area contributed by atoms with Crippen molar-refractivity contribution in [3.05, 3.63) is 33.9 Å². The smallest absolute Gasteiger partial charge is 0.265 e. The van der Waals surface area contributed by atoms with Crippen LogP contribution in [0, 0.1) is 6.92 Å². The summed E-state index contributed by atoms with van der Waals surface area (Å²) in [6, 6.07) is 4.14. The number of aryl methyl sites for hydroxylation is 1. The van der Waals surface area contributed by atoms with E-state index >= 15 is 0 Å². The average Bonchev–Trinajstić information content (AvgIpc) is 3.32. The van der Waals surface area contributed by atoms with E-state index in [4.69, 9.17) is 4.98 Å². The first-order valence-electron chi connectivity index (χ1n) is 9.51. The summed E-state index contributed by atoms with van der Waals surface area (Å²) >= 11 is 1.63. The molecular weight excluding hydrogens is 346 g/mol. The van der Waals surface area contributed by atoms with Gasteiger partial charge in [-0.1, -0.05) is 12.8 Å². The van der Waals surface area contributed by atoms with E-state index in [2.05, 4.69) is 15.5 Å². The van der Waals surface area contributed by atoms with Gasteiger partial charge in [-0.3, -0.25) is 4.79 Å². The Bertz CT molecular complexity index is 749. The Hall–Kier alpha value is -2.02. The average molecular weight is 372 g/mol. The molecule has 2 fully saturated rings. The number of piperidine rings is 1. The van der Waals surface area contributed by atoms with Crippen LogP contribution in [-0.2, 0) is 0 Å². The molecule has 2 aromatic rings. The van der Waals surface area contributed by atoms with Crippen molar-refractivity contribution in [3.63, 3.8) is 0 Å². The van der Waals surface area contributed by atoms with Crippen LogP contribution in [-0.4, -0.2) is 45.1 Å². The first-order chi connectivity index (χ1) is 12.7. The highest BCUT2D eigenvalue weighted by molar-refractivity contribution is 7.13. The molecule has 4 rings (SSSR count). The Morgan fingerprint density at radius 1 is 1.23 bits per heavy atom. The van der Waals surface area contributed by atoms with Gasteiger partial charge in [-0.2, -0.15) is 5.10 Å². The molecule has 1 aliphatic carbocycles. The second-order valence-corrected chi connectivity index (χ2v) is 8.30. The minimum absolute atomic E-state index is 0.155. The van der Waals surface area contributed by atoms with E-state index in [9.17, 15) is 4.79 Å². The molecule has 7 heteroatoms. The molecule has 6 nitrogen and oxygen atoms in total. The van der Waals surface area contributed by atoms with Gasteiger partial charge in [-0.15, -0.1) is 16.4 Å². The number of likely N-dealkylation sites (tertiary alicyclic amines) is 1. The lowest BCUT2D eigenvalue weighted by molar-refractivity contribution is 0.0722. The van der Waals surface area contributed by atoms with Gasteiger partial charge in [0.05, 0.1) is 10.7 Å². The van der Waals surface area contributed by atoms with Crippen LogP contribution in [0.3, 0.4) is 0 Å². The molecule has 138 valence electrons. The molecular formula is C19H25N5OS. The highest BCUT2D eigenvalue weighted by Crippen LogP contribution is 2.37. The van der Waals surface area contributed by atoms with Gasteiger partial charge in [0.2, 0.25) is 0 Å². The van der Waals surface area contributed by atoms with Crippen LogP contribution in [0.25, 0.3) is 0 Å². The summed E-state index contributed by atoms with van der Waals surface area (Å²) in [6.45, 7) is 3.52. The lowest BCUT2D eigenvalue weighted by Crippen LogP contribution is -2.42. The van der Waals surface area contributed by atoms with Crippen molar-refractivity contribution in [2.75, 3.05) is 18.4 Å².